The van der Waals surface area contributed by atoms with E-state index in [0.29, 0.717) is 18.5 Å². The van der Waals surface area contributed by atoms with E-state index < -0.39 is 15.8 Å². The van der Waals surface area contributed by atoms with Crippen LogP contribution in [0, 0.1) is 5.82 Å². The molecule has 0 atom stereocenters. The third-order valence-electron chi connectivity index (χ3n) is 2.82. The Balaban J connectivity index is 2.09. The lowest BCUT2D eigenvalue weighted by molar-refractivity contribution is 0.556. The molecule has 114 valence electrons. The van der Waals surface area contributed by atoms with Gasteiger partial charge in [0.1, 0.15) is 10.7 Å². The normalized spacial score (nSPS) is 11.7. The largest absolute Gasteiger partial charge is 0.316 e. The van der Waals surface area contributed by atoms with Crippen molar-refractivity contribution in [2.45, 2.75) is 17.9 Å². The first-order valence-corrected chi connectivity index (χ1v) is 8.75. The summed E-state index contributed by atoms with van der Waals surface area (Å²) in [5.74, 6) is -0.754. The van der Waals surface area contributed by atoms with E-state index in [1.54, 1.807) is 18.6 Å². The molecule has 5 nitrogen and oxygen atoms in total. The molecule has 0 aliphatic heterocycles. The summed E-state index contributed by atoms with van der Waals surface area (Å²) in [4.78, 5) is 3.74. The molecule has 1 heterocycles. The second-order valence-electron chi connectivity index (χ2n) is 4.42. The van der Waals surface area contributed by atoms with Crippen LogP contribution in [0.3, 0.4) is 0 Å². The van der Waals surface area contributed by atoms with Crippen molar-refractivity contribution >= 4 is 21.4 Å². The molecule has 0 saturated heterocycles. The molecule has 2 aromatic rings. The Hall–Kier alpha value is -1.35. The molecule has 8 heteroatoms. The van der Waals surface area contributed by atoms with Gasteiger partial charge in [-0.15, -0.1) is 11.3 Å². The lowest BCUT2D eigenvalue weighted by Gasteiger charge is -2.09. The molecular formula is C13H16FN3O2S2. The van der Waals surface area contributed by atoms with Gasteiger partial charge in [-0.1, -0.05) is 6.07 Å². The van der Waals surface area contributed by atoms with Gasteiger partial charge in [-0.25, -0.2) is 22.5 Å². The van der Waals surface area contributed by atoms with Crippen molar-refractivity contribution in [3.05, 3.63) is 46.2 Å². The topological polar surface area (TPSA) is 71.1 Å². The molecule has 1 aromatic heterocycles. The van der Waals surface area contributed by atoms with Gasteiger partial charge in [0.2, 0.25) is 10.0 Å². The number of hydrogen-bond donors (Lipinski definition) is 2. The van der Waals surface area contributed by atoms with Gasteiger partial charge in [0, 0.05) is 24.9 Å². The van der Waals surface area contributed by atoms with Crippen molar-refractivity contribution < 1.29 is 12.8 Å². The zero-order valence-electron chi connectivity index (χ0n) is 11.5. The highest BCUT2D eigenvalue weighted by molar-refractivity contribution is 7.89. The molecule has 0 saturated carbocycles. The van der Waals surface area contributed by atoms with Crippen LogP contribution in [-0.2, 0) is 23.0 Å². The fourth-order valence-corrected chi connectivity index (χ4v) is 3.57. The summed E-state index contributed by atoms with van der Waals surface area (Å²) in [6, 6.07) is 4.07. The number of aromatic nitrogens is 1. The Morgan fingerprint density at radius 2 is 2.19 bits per heavy atom. The fraction of sp³-hybridized carbons (Fsp3) is 0.308. The lowest BCUT2D eigenvalue weighted by Crippen LogP contribution is -2.27. The number of rotatable bonds is 7. The van der Waals surface area contributed by atoms with Crippen LogP contribution in [0.5, 0.6) is 0 Å². The minimum Gasteiger partial charge on any atom is -0.316 e. The smallest absolute Gasteiger partial charge is 0.243 e. The summed E-state index contributed by atoms with van der Waals surface area (Å²) in [6.45, 7) is 0.656. The van der Waals surface area contributed by atoms with E-state index in [1.807, 2.05) is 5.38 Å². The molecule has 0 aliphatic carbocycles. The second-order valence-corrected chi connectivity index (χ2v) is 6.88. The van der Waals surface area contributed by atoms with Crippen LogP contribution in [0.2, 0.25) is 0 Å². The van der Waals surface area contributed by atoms with Crippen molar-refractivity contribution in [1.29, 1.82) is 0 Å². The highest BCUT2D eigenvalue weighted by atomic mass is 32.2. The molecular weight excluding hydrogens is 313 g/mol. The molecule has 2 N–H and O–H groups in total. The maximum Gasteiger partial charge on any atom is 0.243 e. The van der Waals surface area contributed by atoms with Gasteiger partial charge in [0.05, 0.1) is 11.2 Å². The summed E-state index contributed by atoms with van der Waals surface area (Å²) in [6.07, 6.45) is 0.473. The van der Waals surface area contributed by atoms with Gasteiger partial charge < -0.3 is 5.32 Å². The lowest BCUT2D eigenvalue weighted by atomic mass is 10.2. The fourth-order valence-electron chi connectivity index (χ4n) is 1.82. The van der Waals surface area contributed by atoms with Gasteiger partial charge in [0.15, 0.2) is 0 Å². The van der Waals surface area contributed by atoms with Gasteiger partial charge in [-0.3, -0.25) is 0 Å². The number of benzene rings is 1. The Bertz CT molecular complexity index is 687. The van der Waals surface area contributed by atoms with Gasteiger partial charge in [-0.2, -0.15) is 0 Å². The first kappa shape index (κ1) is 16.0. The third kappa shape index (κ3) is 4.31. The van der Waals surface area contributed by atoms with Crippen LogP contribution in [0.15, 0.2) is 34.0 Å². The first-order valence-electron chi connectivity index (χ1n) is 6.32. The SMILES string of the molecule is CNCc1ccc(F)c(S(=O)(=O)NCCc2cscn2)c1. The highest BCUT2D eigenvalue weighted by Gasteiger charge is 2.19. The van der Waals surface area contributed by atoms with Crippen molar-refractivity contribution in [2.24, 2.45) is 0 Å². The van der Waals surface area contributed by atoms with Gasteiger partial charge in [-0.05, 0) is 24.7 Å². The Morgan fingerprint density at radius 3 is 2.86 bits per heavy atom. The van der Waals surface area contributed by atoms with Crippen LogP contribution >= 0.6 is 11.3 Å². The van der Waals surface area contributed by atoms with Gasteiger partial charge in [0.25, 0.3) is 0 Å². The highest BCUT2D eigenvalue weighted by Crippen LogP contribution is 2.16. The number of hydrogen-bond acceptors (Lipinski definition) is 5. The van der Waals surface area contributed by atoms with Crippen LogP contribution < -0.4 is 10.0 Å². The molecule has 0 amide bonds. The van der Waals surface area contributed by atoms with Crippen LogP contribution in [0.4, 0.5) is 4.39 Å². The molecule has 0 radical (unpaired) electrons. The predicted molar refractivity (Wildman–Crippen MR) is 80.2 cm³/mol. The molecule has 0 unspecified atom stereocenters. The minimum absolute atomic E-state index is 0.182. The molecule has 2 rings (SSSR count). The van der Waals surface area contributed by atoms with E-state index in [1.165, 1.54) is 23.5 Å². The average Bonchev–Trinajstić information content (AvgIpc) is 2.94. The number of thiazole rings is 1. The van der Waals surface area contributed by atoms with E-state index in [4.69, 9.17) is 0 Å². The first-order chi connectivity index (χ1) is 10.0. The number of nitrogens with one attached hydrogen (secondary N) is 2. The summed E-state index contributed by atoms with van der Waals surface area (Å²) in [7, 11) is -2.12. The zero-order valence-corrected chi connectivity index (χ0v) is 13.1. The Morgan fingerprint density at radius 1 is 1.38 bits per heavy atom. The zero-order chi connectivity index (χ0) is 15.3. The predicted octanol–water partition coefficient (Wildman–Crippen LogP) is 1.52. The van der Waals surface area contributed by atoms with Crippen molar-refractivity contribution in [1.82, 2.24) is 15.0 Å². The quantitative estimate of drug-likeness (QED) is 0.808. The maximum absolute atomic E-state index is 13.8. The number of halogens is 1. The van der Waals surface area contributed by atoms with Crippen molar-refractivity contribution in [2.75, 3.05) is 13.6 Å². The molecule has 0 bridgehead atoms. The molecule has 0 aliphatic rings. The minimum atomic E-state index is -3.86. The molecule has 0 spiro atoms. The van der Waals surface area contributed by atoms with E-state index in [0.717, 1.165) is 5.69 Å². The third-order valence-corrected chi connectivity index (χ3v) is 4.93. The van der Waals surface area contributed by atoms with E-state index >= 15 is 0 Å². The summed E-state index contributed by atoms with van der Waals surface area (Å²) in [5.41, 5.74) is 3.20. The van der Waals surface area contributed by atoms with E-state index in [-0.39, 0.29) is 11.4 Å². The van der Waals surface area contributed by atoms with E-state index in [2.05, 4.69) is 15.0 Å². The average molecular weight is 329 g/mol. The molecule has 1 aromatic carbocycles. The standard InChI is InChI=1S/C13H16FN3O2S2/c1-15-7-10-2-3-12(14)13(6-10)21(18,19)17-5-4-11-8-20-9-16-11/h2-3,6,8-9,15,17H,4-5,7H2,1H3. The summed E-state index contributed by atoms with van der Waals surface area (Å²) >= 11 is 1.45. The van der Waals surface area contributed by atoms with Crippen molar-refractivity contribution in [3.63, 3.8) is 0 Å². The van der Waals surface area contributed by atoms with Crippen LogP contribution in [0.1, 0.15) is 11.3 Å². The van der Waals surface area contributed by atoms with Crippen LogP contribution in [-0.4, -0.2) is 27.0 Å². The monoisotopic (exact) mass is 329 g/mol. The second kappa shape index (κ2) is 7.08. The van der Waals surface area contributed by atoms with Crippen molar-refractivity contribution in [3.8, 4) is 0 Å². The van der Waals surface area contributed by atoms with Gasteiger partial charge >= 0.3 is 0 Å². The molecule has 0 fully saturated rings. The molecule has 21 heavy (non-hydrogen) atoms. The maximum atomic E-state index is 13.8. The Kier molecular flexibility index (Phi) is 5.40. The van der Waals surface area contributed by atoms with Crippen LogP contribution in [0.25, 0.3) is 0 Å². The number of nitrogens with zero attached hydrogens (tertiary/aromatic N) is 1. The number of sulfonamides is 1. The summed E-state index contributed by atoms with van der Waals surface area (Å²) < 4.78 is 40.5. The Labute approximate surface area is 127 Å². The van der Waals surface area contributed by atoms with E-state index in [9.17, 15) is 12.8 Å². The summed E-state index contributed by atoms with van der Waals surface area (Å²) in [5, 5.41) is 4.75.